The molecule has 0 saturated heterocycles. The highest BCUT2D eigenvalue weighted by Crippen LogP contribution is 2.61. The Labute approximate surface area is 202 Å². The van der Waals surface area contributed by atoms with Crippen LogP contribution in [0.15, 0.2) is 101 Å². The molecule has 1 aliphatic carbocycles. The van der Waals surface area contributed by atoms with E-state index >= 15 is 0 Å². The van der Waals surface area contributed by atoms with E-state index in [0.717, 1.165) is 22.3 Å². The van der Waals surface area contributed by atoms with Crippen molar-refractivity contribution in [3.63, 3.8) is 0 Å². The number of para-hydroxylation sites is 1. The molecule has 2 aliphatic rings. The first-order valence-electron chi connectivity index (χ1n) is 12.0. The van der Waals surface area contributed by atoms with Crippen molar-refractivity contribution in [1.29, 1.82) is 0 Å². The molecule has 3 aromatic carbocycles. The van der Waals surface area contributed by atoms with E-state index in [1.165, 1.54) is 13.9 Å². The van der Waals surface area contributed by atoms with Crippen molar-refractivity contribution >= 4 is 16.9 Å². The highest BCUT2D eigenvalue weighted by Gasteiger charge is 2.70. The fourth-order valence-corrected chi connectivity index (χ4v) is 6.25. The van der Waals surface area contributed by atoms with Gasteiger partial charge in [0.25, 0.3) is 0 Å². The predicted molar refractivity (Wildman–Crippen MR) is 136 cm³/mol. The fourth-order valence-electron chi connectivity index (χ4n) is 6.25. The molecule has 2 bridgehead atoms. The van der Waals surface area contributed by atoms with Gasteiger partial charge < -0.3 is 0 Å². The topological polar surface area (TPSA) is 66.0 Å². The van der Waals surface area contributed by atoms with E-state index in [2.05, 4.69) is 0 Å². The van der Waals surface area contributed by atoms with Crippen molar-refractivity contribution in [2.45, 2.75) is 37.8 Å². The smallest absolute Gasteiger partial charge is 0.293 e. The highest BCUT2D eigenvalue weighted by molar-refractivity contribution is 6.24. The molecule has 0 N–H and O–H groups in total. The average Bonchev–Trinajstić information content (AvgIpc) is 3.41. The lowest BCUT2D eigenvalue weighted by Gasteiger charge is -2.33. The first-order valence-corrected chi connectivity index (χ1v) is 12.0. The summed E-state index contributed by atoms with van der Waals surface area (Å²) in [7, 11) is 0. The van der Waals surface area contributed by atoms with Crippen molar-refractivity contribution in [3.8, 4) is 5.69 Å². The first kappa shape index (κ1) is 21.4. The standard InChI is InChI=1S/C29H25N3O3/c1-3-28-23(20-14-8-5-9-15-20)24(21-16-10-6-11-17-21)29(4-2,25(28)33)32-27(35)30(26(34)31(28)32)22-18-12-7-13-19-22/h5-19H,3-4H2,1-2H3. The molecule has 2 unspecified atom stereocenters. The Morgan fingerprint density at radius 1 is 0.571 bits per heavy atom. The van der Waals surface area contributed by atoms with Crippen molar-refractivity contribution in [2.24, 2.45) is 0 Å². The quantitative estimate of drug-likeness (QED) is 0.445. The number of rotatable bonds is 5. The lowest BCUT2D eigenvalue weighted by molar-refractivity contribution is -0.126. The van der Waals surface area contributed by atoms with Crippen LogP contribution in [0.5, 0.6) is 0 Å². The van der Waals surface area contributed by atoms with E-state index in [4.69, 9.17) is 0 Å². The van der Waals surface area contributed by atoms with Crippen LogP contribution in [0.3, 0.4) is 0 Å². The van der Waals surface area contributed by atoms with Gasteiger partial charge in [-0.2, -0.15) is 0 Å². The Morgan fingerprint density at radius 3 is 1.31 bits per heavy atom. The Kier molecular flexibility index (Phi) is 4.52. The lowest BCUT2D eigenvalue weighted by atomic mass is 9.82. The van der Waals surface area contributed by atoms with Gasteiger partial charge in [0, 0.05) is 11.1 Å². The highest BCUT2D eigenvalue weighted by atomic mass is 16.2. The number of ketones is 1. The summed E-state index contributed by atoms with van der Waals surface area (Å²) in [5.41, 5.74) is 0.336. The number of aromatic nitrogens is 3. The van der Waals surface area contributed by atoms with Gasteiger partial charge in [0.05, 0.1) is 5.69 Å². The first-order chi connectivity index (χ1) is 17.0. The summed E-state index contributed by atoms with van der Waals surface area (Å²) in [4.78, 5) is 42.5. The summed E-state index contributed by atoms with van der Waals surface area (Å²) in [6, 6.07) is 28.5. The summed E-state index contributed by atoms with van der Waals surface area (Å²) in [6.45, 7) is 3.84. The number of allylic oxidation sites excluding steroid dienone is 2. The molecule has 6 heteroatoms. The molecule has 6 nitrogen and oxygen atoms in total. The van der Waals surface area contributed by atoms with Gasteiger partial charge in [-0.25, -0.2) is 23.5 Å². The van der Waals surface area contributed by atoms with Crippen molar-refractivity contribution in [1.82, 2.24) is 13.9 Å². The zero-order valence-electron chi connectivity index (χ0n) is 19.6. The van der Waals surface area contributed by atoms with Crippen LogP contribution in [0.2, 0.25) is 0 Å². The third kappa shape index (κ3) is 2.41. The zero-order valence-corrected chi connectivity index (χ0v) is 19.6. The maximum Gasteiger partial charge on any atom is 0.353 e. The Hall–Kier alpha value is -4.19. The van der Waals surface area contributed by atoms with E-state index in [1.54, 1.807) is 24.3 Å². The van der Waals surface area contributed by atoms with Gasteiger partial charge in [0.1, 0.15) is 0 Å². The monoisotopic (exact) mass is 463 g/mol. The normalized spacial score (nSPS) is 22.6. The fraction of sp³-hybridized carbons (Fsp3) is 0.207. The Bertz CT molecular complexity index is 1510. The maximum atomic E-state index is 14.5. The second-order valence-corrected chi connectivity index (χ2v) is 9.10. The number of hydrogen-bond acceptors (Lipinski definition) is 3. The van der Waals surface area contributed by atoms with Gasteiger partial charge in [-0.3, -0.25) is 4.79 Å². The molecule has 174 valence electrons. The molecule has 4 aromatic rings. The van der Waals surface area contributed by atoms with Crippen LogP contribution in [0.4, 0.5) is 0 Å². The van der Waals surface area contributed by atoms with E-state index in [9.17, 15) is 14.4 Å². The number of carbonyl (C=O) groups is 1. The van der Waals surface area contributed by atoms with Gasteiger partial charge in [-0.05, 0) is 36.1 Å². The van der Waals surface area contributed by atoms with Crippen molar-refractivity contribution < 1.29 is 4.79 Å². The minimum absolute atomic E-state index is 0.109. The van der Waals surface area contributed by atoms with Crippen LogP contribution in [-0.4, -0.2) is 19.7 Å². The van der Waals surface area contributed by atoms with Crippen LogP contribution in [-0.2, 0) is 15.9 Å². The number of nitrogens with zero attached hydrogens (tertiary/aromatic N) is 3. The summed E-state index contributed by atoms with van der Waals surface area (Å²) >= 11 is 0. The van der Waals surface area contributed by atoms with Gasteiger partial charge >= 0.3 is 11.4 Å². The number of fused-ring (bicyclic) bond motifs is 5. The minimum Gasteiger partial charge on any atom is -0.293 e. The molecule has 1 aromatic heterocycles. The van der Waals surface area contributed by atoms with E-state index < -0.39 is 22.5 Å². The number of Topliss-reactive ketones (excluding diaryl/α,β-unsaturated/α-hetero) is 1. The Balaban J connectivity index is 1.81. The zero-order chi connectivity index (χ0) is 24.4. The van der Waals surface area contributed by atoms with E-state index in [1.807, 2.05) is 80.6 Å². The summed E-state index contributed by atoms with van der Waals surface area (Å²) in [5, 5.41) is 0. The van der Waals surface area contributed by atoms with Crippen LogP contribution >= 0.6 is 0 Å². The third-order valence-electron chi connectivity index (χ3n) is 7.66. The molecule has 2 atom stereocenters. The van der Waals surface area contributed by atoms with E-state index in [0.29, 0.717) is 18.5 Å². The summed E-state index contributed by atoms with van der Waals surface area (Å²) < 4.78 is 4.09. The molecule has 1 aliphatic heterocycles. The van der Waals surface area contributed by atoms with Gasteiger partial charge in [0.15, 0.2) is 16.9 Å². The average molecular weight is 464 g/mol. The van der Waals surface area contributed by atoms with Gasteiger partial charge in [0.2, 0.25) is 0 Å². The molecule has 0 radical (unpaired) electrons. The SMILES string of the molecule is CCC12C(=O)C(CC)(C(c3ccccc3)=C1c1ccccc1)n1c(=O)n(-c3ccccc3)c(=O)n12. The minimum atomic E-state index is -1.28. The molecule has 2 heterocycles. The number of benzene rings is 3. The molecule has 0 amide bonds. The van der Waals surface area contributed by atoms with Crippen LogP contribution in [0.25, 0.3) is 16.8 Å². The lowest BCUT2D eigenvalue weighted by Crippen LogP contribution is -2.45. The molecular formula is C29H25N3O3. The second kappa shape index (κ2) is 7.40. The molecule has 0 fully saturated rings. The van der Waals surface area contributed by atoms with E-state index in [-0.39, 0.29) is 5.78 Å². The van der Waals surface area contributed by atoms with Crippen LogP contribution in [0.1, 0.15) is 37.8 Å². The molecule has 35 heavy (non-hydrogen) atoms. The second-order valence-electron chi connectivity index (χ2n) is 9.10. The van der Waals surface area contributed by atoms with Crippen LogP contribution in [0, 0.1) is 0 Å². The largest absolute Gasteiger partial charge is 0.353 e. The number of carbonyl (C=O) groups excluding carboxylic acids is 1. The molecular weight excluding hydrogens is 438 g/mol. The number of hydrogen-bond donors (Lipinski definition) is 0. The van der Waals surface area contributed by atoms with Gasteiger partial charge in [-0.15, -0.1) is 0 Å². The summed E-state index contributed by atoms with van der Waals surface area (Å²) in [6.07, 6.45) is 0.707. The molecule has 6 rings (SSSR count). The van der Waals surface area contributed by atoms with Crippen molar-refractivity contribution in [2.75, 3.05) is 0 Å². The third-order valence-corrected chi connectivity index (χ3v) is 7.66. The predicted octanol–water partition coefficient (Wildman–Crippen LogP) is 4.22. The maximum absolute atomic E-state index is 14.5. The Morgan fingerprint density at radius 2 is 0.943 bits per heavy atom. The summed E-state index contributed by atoms with van der Waals surface area (Å²) in [5.74, 6) is -0.109. The van der Waals surface area contributed by atoms with Crippen LogP contribution < -0.4 is 11.4 Å². The molecule has 0 saturated carbocycles. The van der Waals surface area contributed by atoms with Crippen molar-refractivity contribution in [3.05, 3.63) is 123 Å². The molecule has 0 spiro atoms. The van der Waals surface area contributed by atoms with Gasteiger partial charge in [-0.1, -0.05) is 92.7 Å².